The van der Waals surface area contributed by atoms with Gasteiger partial charge in [0.2, 0.25) is 0 Å². The number of phenols is 1. The normalized spacial score (nSPS) is 14.1. The number of ether oxygens (including phenoxy) is 1. The number of halogens is 2. The minimum atomic E-state index is -0.575. The third-order valence-corrected chi connectivity index (χ3v) is 4.02. The van der Waals surface area contributed by atoms with Crippen molar-refractivity contribution in [1.29, 1.82) is 0 Å². The fraction of sp³-hybridized carbons (Fsp3) is 0.353. The lowest BCUT2D eigenvalue weighted by Gasteiger charge is -2.21. The van der Waals surface area contributed by atoms with Gasteiger partial charge < -0.3 is 20.5 Å². The van der Waals surface area contributed by atoms with E-state index in [4.69, 9.17) is 27.9 Å². The number of hydrogen-bond donors (Lipinski definition) is 3. The second-order valence-electron chi connectivity index (χ2n) is 5.49. The van der Waals surface area contributed by atoms with Crippen molar-refractivity contribution in [3.05, 3.63) is 45.2 Å². The molecule has 3 N–H and O–H groups in total. The lowest BCUT2D eigenvalue weighted by Crippen LogP contribution is -2.34. The standard InChI is InChI=1S/C17H20Cl2N2O3/c1-3-4-5-20-16-10(2)6-11(9-21-16)17(23)24-15-13(19)7-12(18)8-14(15)22/h6-8,20-22H,3-5,9H2,1-2H3. The molecule has 0 saturated heterocycles. The molecule has 5 nitrogen and oxygen atoms in total. The summed E-state index contributed by atoms with van der Waals surface area (Å²) >= 11 is 11.7. The molecule has 0 fully saturated rings. The summed E-state index contributed by atoms with van der Waals surface area (Å²) in [5, 5.41) is 16.6. The smallest absolute Gasteiger partial charge is 0.341 e. The Bertz CT molecular complexity index is 676. The quantitative estimate of drug-likeness (QED) is 0.404. The van der Waals surface area contributed by atoms with Crippen LogP contribution in [0.25, 0.3) is 0 Å². The first-order valence-corrected chi connectivity index (χ1v) is 8.47. The largest absolute Gasteiger partial charge is 0.504 e. The fourth-order valence-corrected chi connectivity index (χ4v) is 2.76. The maximum atomic E-state index is 12.3. The summed E-state index contributed by atoms with van der Waals surface area (Å²) in [5.74, 6) is -0.0405. The monoisotopic (exact) mass is 370 g/mol. The molecule has 0 radical (unpaired) electrons. The summed E-state index contributed by atoms with van der Waals surface area (Å²) in [6.07, 6.45) is 3.94. The predicted molar refractivity (Wildman–Crippen MR) is 95.5 cm³/mol. The first-order chi connectivity index (χ1) is 11.4. The van der Waals surface area contributed by atoms with E-state index in [1.807, 2.05) is 6.92 Å². The number of carbonyl (C=O) groups is 1. The molecule has 0 saturated carbocycles. The lowest BCUT2D eigenvalue weighted by atomic mass is 10.1. The number of phenolic OH excluding ortho intramolecular Hbond substituents is 1. The molecule has 0 aliphatic carbocycles. The van der Waals surface area contributed by atoms with Gasteiger partial charge in [0.1, 0.15) is 5.82 Å². The van der Waals surface area contributed by atoms with Crippen LogP contribution < -0.4 is 15.4 Å². The Kier molecular flexibility index (Phi) is 6.40. The van der Waals surface area contributed by atoms with Gasteiger partial charge in [-0.2, -0.15) is 0 Å². The number of hydrogen-bond acceptors (Lipinski definition) is 5. The van der Waals surface area contributed by atoms with E-state index in [1.165, 1.54) is 12.1 Å². The number of nitrogens with one attached hydrogen (secondary N) is 2. The van der Waals surface area contributed by atoms with Gasteiger partial charge in [0.25, 0.3) is 0 Å². The molecule has 0 aromatic heterocycles. The fourth-order valence-electron chi connectivity index (χ4n) is 2.24. The van der Waals surface area contributed by atoms with E-state index in [2.05, 4.69) is 17.6 Å². The minimum absolute atomic E-state index is 0.0758. The number of rotatable bonds is 6. The number of aromatic hydroxyl groups is 1. The topological polar surface area (TPSA) is 70.6 Å². The van der Waals surface area contributed by atoms with Crippen molar-refractivity contribution in [3.63, 3.8) is 0 Å². The summed E-state index contributed by atoms with van der Waals surface area (Å²) in [7, 11) is 0. The first kappa shape index (κ1) is 18.5. The van der Waals surface area contributed by atoms with Crippen LogP contribution in [0, 0.1) is 0 Å². The molecular weight excluding hydrogens is 351 g/mol. The molecule has 1 aromatic rings. The van der Waals surface area contributed by atoms with Gasteiger partial charge in [-0.05, 0) is 31.1 Å². The van der Waals surface area contributed by atoms with Crippen LogP contribution in [0.15, 0.2) is 35.2 Å². The number of allylic oxidation sites excluding steroid dienone is 2. The molecule has 2 rings (SSSR count). The van der Waals surface area contributed by atoms with E-state index < -0.39 is 5.97 Å². The van der Waals surface area contributed by atoms with Crippen molar-refractivity contribution in [3.8, 4) is 11.5 Å². The van der Waals surface area contributed by atoms with Crippen LogP contribution in [-0.2, 0) is 4.79 Å². The first-order valence-electron chi connectivity index (χ1n) is 7.71. The Morgan fingerprint density at radius 2 is 2.17 bits per heavy atom. The van der Waals surface area contributed by atoms with Crippen LogP contribution in [-0.4, -0.2) is 24.2 Å². The predicted octanol–water partition coefficient (Wildman–Crippen LogP) is 3.76. The Hall–Kier alpha value is -1.85. The zero-order valence-corrected chi connectivity index (χ0v) is 15.1. The minimum Gasteiger partial charge on any atom is -0.504 e. The molecule has 1 aliphatic rings. The highest BCUT2D eigenvalue weighted by molar-refractivity contribution is 6.36. The van der Waals surface area contributed by atoms with Crippen molar-refractivity contribution in [2.24, 2.45) is 0 Å². The molecule has 1 heterocycles. The van der Waals surface area contributed by atoms with E-state index in [1.54, 1.807) is 6.08 Å². The van der Waals surface area contributed by atoms with Crippen LogP contribution in [0.5, 0.6) is 11.5 Å². The van der Waals surface area contributed by atoms with Gasteiger partial charge in [-0.1, -0.05) is 36.5 Å². The maximum Gasteiger partial charge on any atom is 0.341 e. The van der Waals surface area contributed by atoms with E-state index >= 15 is 0 Å². The molecule has 24 heavy (non-hydrogen) atoms. The van der Waals surface area contributed by atoms with Gasteiger partial charge in [0, 0.05) is 24.2 Å². The van der Waals surface area contributed by atoms with Crippen molar-refractivity contribution in [2.75, 3.05) is 13.1 Å². The highest BCUT2D eigenvalue weighted by atomic mass is 35.5. The molecule has 1 aromatic carbocycles. The molecule has 0 atom stereocenters. The van der Waals surface area contributed by atoms with Gasteiger partial charge in [0.15, 0.2) is 11.5 Å². The van der Waals surface area contributed by atoms with Crippen LogP contribution >= 0.6 is 23.2 Å². The molecule has 0 amide bonds. The molecular formula is C17H20Cl2N2O3. The zero-order valence-electron chi connectivity index (χ0n) is 13.6. The average molecular weight is 371 g/mol. The Labute approximate surface area is 151 Å². The van der Waals surface area contributed by atoms with Gasteiger partial charge >= 0.3 is 5.97 Å². The van der Waals surface area contributed by atoms with Crippen molar-refractivity contribution < 1.29 is 14.6 Å². The van der Waals surface area contributed by atoms with Crippen LogP contribution in [0.1, 0.15) is 26.7 Å². The van der Waals surface area contributed by atoms with E-state index in [-0.39, 0.29) is 21.5 Å². The molecule has 7 heteroatoms. The van der Waals surface area contributed by atoms with E-state index in [0.29, 0.717) is 12.1 Å². The van der Waals surface area contributed by atoms with Crippen LogP contribution in [0.3, 0.4) is 0 Å². The number of benzene rings is 1. The number of dihydropyridines is 1. The van der Waals surface area contributed by atoms with Crippen LogP contribution in [0.4, 0.5) is 0 Å². The Morgan fingerprint density at radius 1 is 1.42 bits per heavy atom. The van der Waals surface area contributed by atoms with Crippen molar-refractivity contribution >= 4 is 29.2 Å². The third kappa shape index (κ3) is 4.58. The molecule has 0 spiro atoms. The summed E-state index contributed by atoms with van der Waals surface area (Å²) in [6, 6.07) is 2.67. The molecule has 0 unspecified atom stereocenters. The van der Waals surface area contributed by atoms with Gasteiger partial charge in [-0.25, -0.2) is 4.79 Å². The Balaban J connectivity index is 2.10. The molecule has 130 valence electrons. The summed E-state index contributed by atoms with van der Waals surface area (Å²) in [4.78, 5) is 12.3. The number of unbranched alkanes of at least 4 members (excludes halogenated alkanes) is 1. The lowest BCUT2D eigenvalue weighted by molar-refractivity contribution is -0.130. The maximum absolute atomic E-state index is 12.3. The van der Waals surface area contributed by atoms with Crippen molar-refractivity contribution in [2.45, 2.75) is 26.7 Å². The number of carbonyl (C=O) groups excluding carboxylic acids is 1. The summed E-state index contributed by atoms with van der Waals surface area (Å²) in [5.41, 5.74) is 1.36. The molecule has 0 bridgehead atoms. The summed E-state index contributed by atoms with van der Waals surface area (Å²) < 4.78 is 5.22. The highest BCUT2D eigenvalue weighted by Crippen LogP contribution is 2.37. The second kappa shape index (κ2) is 8.31. The summed E-state index contributed by atoms with van der Waals surface area (Å²) in [6.45, 7) is 5.23. The zero-order chi connectivity index (χ0) is 17.7. The third-order valence-electron chi connectivity index (χ3n) is 3.52. The van der Waals surface area contributed by atoms with Crippen molar-refractivity contribution in [1.82, 2.24) is 10.6 Å². The number of esters is 1. The average Bonchev–Trinajstić information content (AvgIpc) is 2.52. The molecule has 1 aliphatic heterocycles. The highest BCUT2D eigenvalue weighted by Gasteiger charge is 2.20. The van der Waals surface area contributed by atoms with Gasteiger partial charge in [0.05, 0.1) is 10.6 Å². The second-order valence-corrected chi connectivity index (χ2v) is 6.33. The van der Waals surface area contributed by atoms with Gasteiger partial charge in [-0.15, -0.1) is 0 Å². The van der Waals surface area contributed by atoms with Crippen LogP contribution in [0.2, 0.25) is 10.0 Å². The Morgan fingerprint density at radius 3 is 2.79 bits per heavy atom. The SMILES string of the molecule is CCCCNC1=C(C)C=C(C(=O)Oc2c(O)cc(Cl)cc2Cl)CN1. The van der Waals surface area contributed by atoms with E-state index in [9.17, 15) is 9.90 Å². The van der Waals surface area contributed by atoms with E-state index in [0.717, 1.165) is 30.8 Å². The van der Waals surface area contributed by atoms with Gasteiger partial charge in [-0.3, -0.25) is 0 Å².